The van der Waals surface area contributed by atoms with E-state index in [-0.39, 0.29) is 22.9 Å². The number of pyridine rings is 1. The third-order valence-corrected chi connectivity index (χ3v) is 6.35. The molecule has 1 aliphatic rings. The van der Waals surface area contributed by atoms with E-state index in [4.69, 9.17) is 15.2 Å². The van der Waals surface area contributed by atoms with Gasteiger partial charge < -0.3 is 15.2 Å². The minimum atomic E-state index is -4.80. The molecule has 0 saturated carbocycles. The van der Waals surface area contributed by atoms with Crippen LogP contribution in [0.2, 0.25) is 0 Å². The summed E-state index contributed by atoms with van der Waals surface area (Å²) in [5.41, 5.74) is 2.83. The summed E-state index contributed by atoms with van der Waals surface area (Å²) in [5, 5.41) is 6.60. The normalized spacial score (nSPS) is 24.5. The van der Waals surface area contributed by atoms with Crippen molar-refractivity contribution in [2.45, 2.75) is 37.6 Å². The largest absolute Gasteiger partial charge is 0.493 e. The van der Waals surface area contributed by atoms with Crippen LogP contribution in [0.4, 0.5) is 22.0 Å². The molecule has 3 N–H and O–H groups in total. The number of hydrogen-bond acceptors (Lipinski definition) is 6. The van der Waals surface area contributed by atoms with Crippen LogP contribution < -0.4 is 10.5 Å². The molecule has 0 spiro atoms. The van der Waals surface area contributed by atoms with Crippen LogP contribution in [0.3, 0.4) is 0 Å². The molecule has 0 radical (unpaired) electrons. The topological polar surface area (TPSA) is 116 Å². The van der Waals surface area contributed by atoms with Crippen LogP contribution in [-0.2, 0) is 4.74 Å². The summed E-state index contributed by atoms with van der Waals surface area (Å²) in [7, 11) is 1.09. The first-order valence-corrected chi connectivity index (χ1v) is 10.3. The average molecular weight is 497 g/mol. The number of primary amides is 1. The molecule has 0 bridgehead atoms. The number of carbonyl (C=O) groups excluding carboxylic acids is 1. The van der Waals surface area contributed by atoms with Gasteiger partial charge >= 0.3 is 6.18 Å². The highest BCUT2D eigenvalue weighted by Crippen LogP contribution is 2.59. The fourth-order valence-electron chi connectivity index (χ4n) is 4.28. The average Bonchev–Trinajstić information content (AvgIpc) is 3.39. The van der Waals surface area contributed by atoms with Gasteiger partial charge in [0.25, 0.3) is 5.91 Å². The number of H-pyrrole nitrogens is 1. The molecule has 3 aromatic rings. The number of benzene rings is 1. The molecule has 1 saturated heterocycles. The van der Waals surface area contributed by atoms with Gasteiger partial charge in [0, 0.05) is 29.2 Å². The van der Waals surface area contributed by atoms with Gasteiger partial charge in [-0.05, 0) is 25.1 Å². The number of halogens is 5. The zero-order valence-corrected chi connectivity index (χ0v) is 18.7. The number of hydrogen-bond donors (Lipinski definition) is 2. The molecule has 1 fully saturated rings. The Morgan fingerprint density at radius 3 is 2.60 bits per heavy atom. The lowest BCUT2D eigenvalue weighted by Crippen LogP contribution is -2.46. The summed E-state index contributed by atoms with van der Waals surface area (Å²) in [4.78, 5) is 19.5. The minimum Gasteiger partial charge on any atom is -0.493 e. The van der Waals surface area contributed by atoms with Gasteiger partial charge in [-0.3, -0.25) is 14.9 Å². The lowest BCUT2D eigenvalue weighted by molar-refractivity contribution is -0.275. The first-order chi connectivity index (χ1) is 16.4. The highest BCUT2D eigenvalue weighted by Gasteiger charge is 2.65. The van der Waals surface area contributed by atoms with Crippen LogP contribution in [0.25, 0.3) is 11.4 Å². The van der Waals surface area contributed by atoms with Gasteiger partial charge in [0.05, 0.1) is 7.11 Å². The summed E-state index contributed by atoms with van der Waals surface area (Å²) < 4.78 is 81.2. The summed E-state index contributed by atoms with van der Waals surface area (Å²) >= 11 is 0. The van der Waals surface area contributed by atoms with Crippen molar-refractivity contribution in [2.24, 2.45) is 11.7 Å². The lowest BCUT2D eigenvalue weighted by atomic mass is 9.77. The van der Waals surface area contributed by atoms with E-state index in [0.29, 0.717) is 5.56 Å². The molecule has 0 unspecified atom stereocenters. The van der Waals surface area contributed by atoms with Crippen molar-refractivity contribution < 1.29 is 36.2 Å². The van der Waals surface area contributed by atoms with Crippen molar-refractivity contribution in [1.29, 1.82) is 0 Å². The molecule has 13 heteroatoms. The predicted octanol–water partition coefficient (Wildman–Crippen LogP) is 4.06. The Hall–Kier alpha value is -3.61. The molecular weight excluding hydrogens is 477 g/mol. The quantitative estimate of drug-likeness (QED) is 0.514. The number of ether oxygens (including phenoxy) is 2. The van der Waals surface area contributed by atoms with E-state index in [9.17, 15) is 26.7 Å². The Morgan fingerprint density at radius 1 is 1.26 bits per heavy atom. The Morgan fingerprint density at radius 2 is 1.97 bits per heavy atom. The van der Waals surface area contributed by atoms with Crippen LogP contribution >= 0.6 is 0 Å². The van der Waals surface area contributed by atoms with Crippen molar-refractivity contribution in [2.75, 3.05) is 7.11 Å². The second-order valence-electron chi connectivity index (χ2n) is 8.28. The van der Waals surface area contributed by atoms with Crippen LogP contribution in [0.5, 0.6) is 5.75 Å². The molecule has 4 atom stereocenters. The van der Waals surface area contributed by atoms with Crippen molar-refractivity contribution in [3.05, 3.63) is 59.2 Å². The van der Waals surface area contributed by atoms with Crippen LogP contribution in [0, 0.1) is 17.6 Å². The van der Waals surface area contributed by atoms with E-state index < -0.39 is 53.0 Å². The van der Waals surface area contributed by atoms with E-state index in [0.717, 1.165) is 26.2 Å². The first kappa shape index (κ1) is 24.5. The number of aromatic amines is 1. The number of methoxy groups -OCH3 is 1. The van der Waals surface area contributed by atoms with Gasteiger partial charge in [-0.1, -0.05) is 13.0 Å². The Kier molecular flexibility index (Phi) is 5.99. The summed E-state index contributed by atoms with van der Waals surface area (Å²) in [6.07, 6.45) is -4.88. The highest BCUT2D eigenvalue weighted by molar-refractivity contribution is 5.91. The molecule has 186 valence electrons. The highest BCUT2D eigenvalue weighted by atomic mass is 19.4. The Labute approximate surface area is 195 Å². The number of aromatic nitrogens is 4. The maximum Gasteiger partial charge on any atom is 0.417 e. The number of nitrogens with one attached hydrogen (secondary N) is 1. The minimum absolute atomic E-state index is 0.0187. The molecule has 1 aromatic carbocycles. The molecule has 3 heterocycles. The predicted molar refractivity (Wildman–Crippen MR) is 111 cm³/mol. The molecule has 1 amide bonds. The second-order valence-corrected chi connectivity index (χ2v) is 8.28. The van der Waals surface area contributed by atoms with Crippen molar-refractivity contribution in [3.8, 4) is 17.1 Å². The van der Waals surface area contributed by atoms with Gasteiger partial charge in [-0.25, -0.2) is 9.37 Å². The van der Waals surface area contributed by atoms with E-state index in [1.807, 2.05) is 0 Å². The van der Waals surface area contributed by atoms with Crippen LogP contribution in [0.15, 0.2) is 30.5 Å². The number of nitrogens with zero attached hydrogens (tertiary/aromatic N) is 3. The number of alkyl halides is 3. The van der Waals surface area contributed by atoms with E-state index in [1.165, 1.54) is 25.3 Å². The van der Waals surface area contributed by atoms with Gasteiger partial charge in [0.15, 0.2) is 28.8 Å². The third kappa shape index (κ3) is 3.99. The number of amides is 1. The van der Waals surface area contributed by atoms with Crippen molar-refractivity contribution in [1.82, 2.24) is 20.2 Å². The van der Waals surface area contributed by atoms with Crippen molar-refractivity contribution in [3.63, 3.8) is 0 Å². The SMILES string of the molecule is COc1c([C@H]2[C@H](c3nc(-c4ccnc(C(N)=O)c4)n[nH]3)O[C@@](C)(C(F)(F)F)[C@H]2C)ccc(F)c1F. The first-order valence-electron chi connectivity index (χ1n) is 10.3. The standard InChI is InChI=1S/C22H20F5N5O3/c1-9-14(11-4-5-12(23)15(24)16(11)34-3)17(35-21(9,2)22(25,26)27)20-30-19(31-32-20)10-6-7-29-13(8-10)18(28)33/h4-9,14,17H,1-3H3,(H2,28,33)(H,30,31,32)/t9-,14-,17+,21+/m0/s1. The fraction of sp³-hybridized carbons (Fsp3) is 0.364. The molecule has 0 aliphatic carbocycles. The fourth-order valence-corrected chi connectivity index (χ4v) is 4.28. The summed E-state index contributed by atoms with van der Waals surface area (Å²) in [5.74, 6) is -6.31. The van der Waals surface area contributed by atoms with Gasteiger partial charge in [0.2, 0.25) is 5.82 Å². The summed E-state index contributed by atoms with van der Waals surface area (Å²) in [6, 6.07) is 4.78. The zero-order chi connectivity index (χ0) is 25.7. The number of nitrogens with two attached hydrogens (primary N) is 1. The van der Waals surface area contributed by atoms with Gasteiger partial charge in [-0.15, -0.1) is 0 Å². The Balaban J connectivity index is 1.83. The molecular formula is C22H20F5N5O3. The maximum atomic E-state index is 14.5. The Bertz CT molecular complexity index is 1280. The lowest BCUT2D eigenvalue weighted by Gasteiger charge is -2.32. The van der Waals surface area contributed by atoms with Gasteiger partial charge in [0.1, 0.15) is 11.8 Å². The van der Waals surface area contributed by atoms with Crippen LogP contribution in [-0.4, -0.2) is 45.0 Å². The molecule has 2 aromatic heterocycles. The molecule has 1 aliphatic heterocycles. The van der Waals surface area contributed by atoms with Gasteiger partial charge in [-0.2, -0.15) is 22.7 Å². The van der Waals surface area contributed by atoms with E-state index in [2.05, 4.69) is 20.2 Å². The second kappa shape index (κ2) is 8.56. The van der Waals surface area contributed by atoms with E-state index in [1.54, 1.807) is 0 Å². The maximum absolute atomic E-state index is 14.5. The molecule has 8 nitrogen and oxygen atoms in total. The van der Waals surface area contributed by atoms with Crippen molar-refractivity contribution >= 4 is 5.91 Å². The summed E-state index contributed by atoms with van der Waals surface area (Å²) in [6.45, 7) is 2.19. The number of rotatable bonds is 5. The monoisotopic (exact) mass is 497 g/mol. The molecule has 35 heavy (non-hydrogen) atoms. The third-order valence-electron chi connectivity index (χ3n) is 6.35. The smallest absolute Gasteiger partial charge is 0.417 e. The van der Waals surface area contributed by atoms with Crippen LogP contribution in [0.1, 0.15) is 47.7 Å². The zero-order valence-electron chi connectivity index (χ0n) is 18.7. The number of carbonyl (C=O) groups is 1. The van der Waals surface area contributed by atoms with E-state index >= 15 is 0 Å². The molecule has 4 rings (SSSR count).